The Morgan fingerprint density at radius 1 is 1.10 bits per heavy atom. The van der Waals surface area contributed by atoms with Gasteiger partial charge in [-0.05, 0) is 36.1 Å². The Morgan fingerprint density at radius 2 is 1.72 bits per heavy atom. The number of anilines is 1. The van der Waals surface area contributed by atoms with Crippen molar-refractivity contribution in [3.8, 4) is 0 Å². The van der Waals surface area contributed by atoms with Crippen LogP contribution >= 0.6 is 11.6 Å². The van der Waals surface area contributed by atoms with Crippen LogP contribution in [0.3, 0.4) is 0 Å². The lowest BCUT2D eigenvalue weighted by Crippen LogP contribution is -2.42. The molecule has 7 heteroatoms. The standard InChI is InChI=1S/C22H24ClN3O3/c1-21(2,3)14-9-11-15(12-10-14)24-18(27)13-26-19(28)22(4,25-20(26)29)16-7-5-6-8-17(16)23/h5-12H,13H2,1-4H3,(H,24,27)(H,25,29)/t22-/m1/s1. The number of hydrogen-bond donors (Lipinski definition) is 2. The van der Waals surface area contributed by atoms with E-state index in [2.05, 4.69) is 31.4 Å². The number of carbonyl (C=O) groups is 3. The van der Waals surface area contributed by atoms with E-state index in [0.29, 0.717) is 16.3 Å². The number of amides is 4. The fourth-order valence-corrected chi connectivity index (χ4v) is 3.61. The Kier molecular flexibility index (Phi) is 5.41. The number of nitrogens with one attached hydrogen (secondary N) is 2. The number of rotatable bonds is 4. The third-order valence-corrected chi connectivity index (χ3v) is 5.35. The monoisotopic (exact) mass is 413 g/mol. The van der Waals surface area contributed by atoms with Crippen LogP contribution in [0.2, 0.25) is 5.02 Å². The minimum absolute atomic E-state index is 0.00572. The zero-order valence-corrected chi connectivity index (χ0v) is 17.6. The fraction of sp³-hybridized carbons (Fsp3) is 0.318. The summed E-state index contributed by atoms with van der Waals surface area (Å²) in [6.07, 6.45) is 0. The molecule has 1 aliphatic rings. The molecule has 1 aliphatic heterocycles. The predicted molar refractivity (Wildman–Crippen MR) is 113 cm³/mol. The van der Waals surface area contributed by atoms with Crippen molar-refractivity contribution in [2.24, 2.45) is 0 Å². The normalized spacial score (nSPS) is 19.3. The molecule has 0 bridgehead atoms. The molecule has 2 aromatic rings. The molecule has 29 heavy (non-hydrogen) atoms. The van der Waals surface area contributed by atoms with Crippen molar-refractivity contribution in [3.63, 3.8) is 0 Å². The topological polar surface area (TPSA) is 78.5 Å². The number of halogens is 1. The predicted octanol–water partition coefficient (Wildman–Crippen LogP) is 4.04. The van der Waals surface area contributed by atoms with Gasteiger partial charge in [0.15, 0.2) is 0 Å². The summed E-state index contributed by atoms with van der Waals surface area (Å²) in [7, 11) is 0. The number of imide groups is 1. The quantitative estimate of drug-likeness (QED) is 0.742. The first-order valence-corrected chi connectivity index (χ1v) is 9.70. The first-order valence-electron chi connectivity index (χ1n) is 9.32. The van der Waals surface area contributed by atoms with Gasteiger partial charge >= 0.3 is 6.03 Å². The molecule has 2 N–H and O–H groups in total. The number of benzene rings is 2. The van der Waals surface area contributed by atoms with Crippen molar-refractivity contribution in [1.29, 1.82) is 0 Å². The molecule has 1 heterocycles. The van der Waals surface area contributed by atoms with E-state index in [9.17, 15) is 14.4 Å². The number of hydrogen-bond acceptors (Lipinski definition) is 3. The summed E-state index contributed by atoms with van der Waals surface area (Å²) in [6, 6.07) is 13.7. The molecule has 1 saturated heterocycles. The lowest BCUT2D eigenvalue weighted by molar-refractivity contribution is -0.133. The van der Waals surface area contributed by atoms with Gasteiger partial charge in [-0.2, -0.15) is 0 Å². The molecule has 0 spiro atoms. The third kappa shape index (κ3) is 4.12. The second kappa shape index (κ2) is 7.52. The lowest BCUT2D eigenvalue weighted by atomic mass is 9.87. The molecule has 0 unspecified atom stereocenters. The molecule has 0 saturated carbocycles. The van der Waals surface area contributed by atoms with E-state index in [1.165, 1.54) is 0 Å². The second-order valence-corrected chi connectivity index (χ2v) is 8.71. The largest absolute Gasteiger partial charge is 0.325 e. The van der Waals surface area contributed by atoms with Gasteiger partial charge in [-0.25, -0.2) is 4.79 Å². The first kappa shape index (κ1) is 20.9. The molecule has 2 aromatic carbocycles. The molecule has 0 aliphatic carbocycles. The highest BCUT2D eigenvalue weighted by molar-refractivity contribution is 6.32. The third-order valence-electron chi connectivity index (χ3n) is 5.02. The zero-order chi connectivity index (χ0) is 21.4. The highest BCUT2D eigenvalue weighted by atomic mass is 35.5. The Labute approximate surface area is 175 Å². The molecule has 1 fully saturated rings. The van der Waals surface area contributed by atoms with Crippen molar-refractivity contribution in [2.45, 2.75) is 38.6 Å². The van der Waals surface area contributed by atoms with Crippen LogP contribution in [0.4, 0.5) is 10.5 Å². The van der Waals surface area contributed by atoms with Gasteiger partial charge in [0.1, 0.15) is 12.1 Å². The van der Waals surface area contributed by atoms with Gasteiger partial charge in [0.2, 0.25) is 5.91 Å². The van der Waals surface area contributed by atoms with Gasteiger partial charge in [-0.3, -0.25) is 14.5 Å². The van der Waals surface area contributed by atoms with E-state index in [0.717, 1.165) is 10.5 Å². The van der Waals surface area contributed by atoms with E-state index in [1.54, 1.807) is 43.3 Å². The summed E-state index contributed by atoms with van der Waals surface area (Å²) in [5, 5.41) is 5.75. The molecule has 4 amide bonds. The summed E-state index contributed by atoms with van der Waals surface area (Å²) in [5.41, 5.74) is 0.917. The second-order valence-electron chi connectivity index (χ2n) is 8.30. The van der Waals surface area contributed by atoms with Crippen LogP contribution in [0, 0.1) is 0 Å². The van der Waals surface area contributed by atoms with E-state index < -0.39 is 23.4 Å². The van der Waals surface area contributed by atoms with Crippen LogP contribution < -0.4 is 10.6 Å². The van der Waals surface area contributed by atoms with Gasteiger partial charge in [0, 0.05) is 16.3 Å². The van der Waals surface area contributed by atoms with Crippen molar-refractivity contribution in [1.82, 2.24) is 10.2 Å². The van der Waals surface area contributed by atoms with Crippen LogP contribution in [0.15, 0.2) is 48.5 Å². The Bertz CT molecular complexity index is 966. The van der Waals surface area contributed by atoms with E-state index in [1.807, 2.05) is 12.1 Å². The van der Waals surface area contributed by atoms with Crippen LogP contribution in [0.25, 0.3) is 0 Å². The highest BCUT2D eigenvalue weighted by Crippen LogP contribution is 2.33. The fourth-order valence-electron chi connectivity index (χ4n) is 3.29. The van der Waals surface area contributed by atoms with Crippen molar-refractivity contribution in [2.75, 3.05) is 11.9 Å². The number of nitrogens with zero attached hydrogens (tertiary/aromatic N) is 1. The average Bonchev–Trinajstić information content (AvgIpc) is 2.85. The molecule has 0 aromatic heterocycles. The van der Waals surface area contributed by atoms with Gasteiger partial charge in [-0.15, -0.1) is 0 Å². The summed E-state index contributed by atoms with van der Waals surface area (Å²) < 4.78 is 0. The highest BCUT2D eigenvalue weighted by Gasteiger charge is 2.50. The smallest absolute Gasteiger partial charge is 0.325 e. The van der Waals surface area contributed by atoms with Crippen molar-refractivity contribution in [3.05, 3.63) is 64.7 Å². The van der Waals surface area contributed by atoms with Gasteiger partial charge in [0.25, 0.3) is 5.91 Å². The Morgan fingerprint density at radius 3 is 2.31 bits per heavy atom. The van der Waals surface area contributed by atoms with Gasteiger partial charge < -0.3 is 10.6 Å². The first-order chi connectivity index (χ1) is 13.5. The van der Waals surface area contributed by atoms with Crippen molar-refractivity contribution >= 4 is 35.1 Å². The van der Waals surface area contributed by atoms with Crippen LogP contribution in [0.5, 0.6) is 0 Å². The maximum absolute atomic E-state index is 12.9. The van der Waals surface area contributed by atoms with E-state index in [-0.39, 0.29) is 12.0 Å². The summed E-state index contributed by atoms with van der Waals surface area (Å²) >= 11 is 6.21. The van der Waals surface area contributed by atoms with E-state index >= 15 is 0 Å². The zero-order valence-electron chi connectivity index (χ0n) is 16.9. The minimum Gasteiger partial charge on any atom is -0.325 e. The van der Waals surface area contributed by atoms with Gasteiger partial charge in [-0.1, -0.05) is 62.7 Å². The lowest BCUT2D eigenvalue weighted by Gasteiger charge is -2.23. The summed E-state index contributed by atoms with van der Waals surface area (Å²) in [5.74, 6) is -0.978. The summed E-state index contributed by atoms with van der Waals surface area (Å²) in [4.78, 5) is 38.7. The molecule has 3 rings (SSSR count). The maximum atomic E-state index is 12.9. The van der Waals surface area contributed by atoms with Crippen molar-refractivity contribution < 1.29 is 14.4 Å². The van der Waals surface area contributed by atoms with Crippen LogP contribution in [0.1, 0.15) is 38.8 Å². The minimum atomic E-state index is -1.32. The summed E-state index contributed by atoms with van der Waals surface area (Å²) in [6.45, 7) is 7.51. The molecular weight excluding hydrogens is 390 g/mol. The molecule has 0 radical (unpaired) electrons. The SMILES string of the molecule is CC(C)(C)c1ccc(NC(=O)CN2C(=O)N[C@](C)(c3ccccc3Cl)C2=O)cc1. The van der Waals surface area contributed by atoms with Crippen LogP contribution in [-0.2, 0) is 20.5 Å². The molecule has 1 atom stereocenters. The average molecular weight is 414 g/mol. The van der Waals surface area contributed by atoms with Crippen LogP contribution in [-0.4, -0.2) is 29.3 Å². The Balaban J connectivity index is 1.72. The Hall–Kier alpha value is -2.86. The van der Waals surface area contributed by atoms with E-state index in [4.69, 9.17) is 11.6 Å². The maximum Gasteiger partial charge on any atom is 0.325 e. The van der Waals surface area contributed by atoms with Gasteiger partial charge in [0.05, 0.1) is 0 Å². The number of carbonyl (C=O) groups excluding carboxylic acids is 3. The molecule has 152 valence electrons. The molecular formula is C22H24ClN3O3. The number of urea groups is 1. The molecule has 6 nitrogen and oxygen atoms in total.